The molecule has 8 nitrogen and oxygen atoms in total. The van der Waals surface area contributed by atoms with Gasteiger partial charge in [-0.2, -0.15) is 23.0 Å². The van der Waals surface area contributed by atoms with Gasteiger partial charge in [-0.25, -0.2) is 4.79 Å². The van der Waals surface area contributed by atoms with Crippen LogP contribution >= 0.6 is 23.2 Å². The second-order valence-corrected chi connectivity index (χ2v) is 10.2. The maximum Gasteiger partial charge on any atom is 0.417 e. The number of methoxy groups -OCH3 is 2. The largest absolute Gasteiger partial charge is 0.493 e. The summed E-state index contributed by atoms with van der Waals surface area (Å²) in [6.45, 7) is -0.0939. The standard InChI is InChI=1S/C31H21Cl2F3N2O6/c1-42-24-8-3-5-17(28(24)43-2)15-44-25-13-16(30(40)41)9-11-19(25)27-20-14-18(32)10-12-23(20)38(37-27)29(39)26-21(31(34,35)36)6-4-7-22(26)33/h3-14H,15H2,1-2H3,(H,40,41). The molecule has 0 aliphatic heterocycles. The normalized spacial score (nSPS) is 11.4. The number of nitrogens with zero attached hydrogens (tertiary/aromatic N) is 2. The molecular weight excluding hydrogens is 624 g/mol. The Balaban J connectivity index is 1.68. The highest BCUT2D eigenvalue weighted by Crippen LogP contribution is 2.40. The monoisotopic (exact) mass is 644 g/mol. The van der Waals surface area contributed by atoms with E-state index in [1.807, 2.05) is 0 Å². The number of alkyl halides is 3. The van der Waals surface area contributed by atoms with Gasteiger partial charge in [0.25, 0.3) is 5.91 Å². The molecule has 0 aliphatic carbocycles. The molecule has 0 spiro atoms. The van der Waals surface area contributed by atoms with Crippen LogP contribution in [0.3, 0.4) is 0 Å². The number of carboxylic acids is 1. The molecule has 1 N–H and O–H groups in total. The number of halogens is 5. The fraction of sp³-hybridized carbons (Fsp3) is 0.129. The molecule has 5 rings (SSSR count). The quantitative estimate of drug-likeness (QED) is 0.183. The van der Waals surface area contributed by atoms with E-state index in [-0.39, 0.29) is 39.7 Å². The van der Waals surface area contributed by atoms with Gasteiger partial charge in [-0.05, 0) is 54.6 Å². The molecule has 44 heavy (non-hydrogen) atoms. The summed E-state index contributed by atoms with van der Waals surface area (Å²) in [7, 11) is 2.94. The molecule has 4 aromatic carbocycles. The predicted molar refractivity (Wildman–Crippen MR) is 157 cm³/mol. The van der Waals surface area contributed by atoms with Crippen LogP contribution in [-0.2, 0) is 12.8 Å². The molecule has 0 unspecified atom stereocenters. The van der Waals surface area contributed by atoms with Crippen LogP contribution in [0.5, 0.6) is 17.2 Å². The molecule has 1 heterocycles. The molecule has 0 saturated heterocycles. The smallest absolute Gasteiger partial charge is 0.417 e. The van der Waals surface area contributed by atoms with Crippen molar-refractivity contribution in [2.75, 3.05) is 14.2 Å². The van der Waals surface area contributed by atoms with E-state index in [1.165, 1.54) is 56.7 Å². The number of para-hydroxylation sites is 1. The number of carboxylic acid groups (broad SMARTS) is 1. The molecule has 5 aromatic rings. The third kappa shape index (κ3) is 5.76. The minimum atomic E-state index is -4.88. The molecular formula is C31H21Cl2F3N2O6. The van der Waals surface area contributed by atoms with Crippen LogP contribution < -0.4 is 14.2 Å². The first-order chi connectivity index (χ1) is 20.9. The average Bonchev–Trinajstić information content (AvgIpc) is 3.36. The summed E-state index contributed by atoms with van der Waals surface area (Å²) in [5.74, 6) is -1.45. The summed E-state index contributed by atoms with van der Waals surface area (Å²) in [6, 6.07) is 16.6. The van der Waals surface area contributed by atoms with Crippen LogP contribution in [0.1, 0.15) is 31.8 Å². The third-order valence-corrected chi connectivity index (χ3v) is 7.27. The first-order valence-corrected chi connectivity index (χ1v) is 13.5. The van der Waals surface area contributed by atoms with Gasteiger partial charge in [0, 0.05) is 21.5 Å². The van der Waals surface area contributed by atoms with E-state index in [1.54, 1.807) is 18.2 Å². The zero-order valence-electron chi connectivity index (χ0n) is 22.9. The minimum Gasteiger partial charge on any atom is -0.493 e. The van der Waals surface area contributed by atoms with Gasteiger partial charge < -0.3 is 19.3 Å². The van der Waals surface area contributed by atoms with Gasteiger partial charge in [-0.1, -0.05) is 41.4 Å². The molecule has 226 valence electrons. The van der Waals surface area contributed by atoms with Crippen LogP contribution in [0.25, 0.3) is 22.2 Å². The Labute approximate surface area is 258 Å². The number of carbonyl (C=O) groups excluding carboxylic acids is 1. The first-order valence-electron chi connectivity index (χ1n) is 12.7. The van der Waals surface area contributed by atoms with E-state index in [9.17, 15) is 27.9 Å². The van der Waals surface area contributed by atoms with E-state index < -0.39 is 34.2 Å². The average molecular weight is 645 g/mol. The van der Waals surface area contributed by atoms with Crippen LogP contribution in [-0.4, -0.2) is 41.0 Å². The number of benzene rings is 4. The lowest BCUT2D eigenvalue weighted by Crippen LogP contribution is -2.20. The van der Waals surface area contributed by atoms with Gasteiger partial charge >= 0.3 is 12.1 Å². The summed E-state index contributed by atoms with van der Waals surface area (Å²) in [5, 5.41) is 14.2. The van der Waals surface area contributed by atoms with Crippen LogP contribution in [0.4, 0.5) is 13.2 Å². The second kappa shape index (κ2) is 12.1. The van der Waals surface area contributed by atoms with E-state index in [2.05, 4.69) is 5.10 Å². The van der Waals surface area contributed by atoms with E-state index >= 15 is 0 Å². The lowest BCUT2D eigenvalue weighted by molar-refractivity contribution is -0.137. The topological polar surface area (TPSA) is 99.9 Å². The molecule has 0 aliphatic rings. The van der Waals surface area contributed by atoms with Crippen LogP contribution in [0.15, 0.2) is 72.8 Å². The maximum absolute atomic E-state index is 13.9. The van der Waals surface area contributed by atoms with Gasteiger partial charge in [0.1, 0.15) is 18.1 Å². The number of carbonyl (C=O) groups is 2. The fourth-order valence-electron chi connectivity index (χ4n) is 4.72. The zero-order chi connectivity index (χ0) is 31.8. The number of ether oxygens (including phenoxy) is 3. The molecule has 0 amide bonds. The summed E-state index contributed by atoms with van der Waals surface area (Å²) < 4.78 is 59.3. The lowest BCUT2D eigenvalue weighted by Gasteiger charge is -2.15. The Hall–Kier alpha value is -4.74. The SMILES string of the molecule is COc1cccc(COc2cc(C(=O)O)ccc2-c2nn(C(=O)c3c(Cl)cccc3C(F)(F)F)c3ccc(Cl)cc23)c1OC. The molecule has 0 bridgehead atoms. The van der Waals surface area contributed by atoms with Gasteiger partial charge in [0.05, 0.1) is 41.4 Å². The summed E-state index contributed by atoms with van der Waals surface area (Å²) in [6.07, 6.45) is -4.88. The van der Waals surface area contributed by atoms with Crippen molar-refractivity contribution in [3.05, 3.63) is 105 Å². The Kier molecular flexibility index (Phi) is 8.44. The molecule has 0 fully saturated rings. The predicted octanol–water partition coefficient (Wildman–Crippen LogP) is 8.01. The van der Waals surface area contributed by atoms with Crippen molar-refractivity contribution in [1.29, 1.82) is 0 Å². The Morgan fingerprint density at radius 3 is 2.36 bits per heavy atom. The Morgan fingerprint density at radius 2 is 1.68 bits per heavy atom. The van der Waals surface area contributed by atoms with Crippen LogP contribution in [0.2, 0.25) is 10.0 Å². The number of aromatic carboxylic acids is 1. The summed E-state index contributed by atoms with van der Waals surface area (Å²) >= 11 is 12.4. The van der Waals surface area contributed by atoms with Crippen molar-refractivity contribution in [1.82, 2.24) is 9.78 Å². The zero-order valence-corrected chi connectivity index (χ0v) is 24.4. The van der Waals surface area contributed by atoms with E-state index in [4.69, 9.17) is 37.4 Å². The molecule has 0 radical (unpaired) electrons. The van der Waals surface area contributed by atoms with Gasteiger partial charge in [-0.15, -0.1) is 0 Å². The summed E-state index contributed by atoms with van der Waals surface area (Å²) in [5.41, 5.74) is -1.07. The third-order valence-electron chi connectivity index (χ3n) is 6.72. The molecule has 0 saturated carbocycles. The molecule has 1 aromatic heterocycles. The van der Waals surface area contributed by atoms with Crippen molar-refractivity contribution in [2.45, 2.75) is 12.8 Å². The second-order valence-electron chi connectivity index (χ2n) is 9.34. The Morgan fingerprint density at radius 1 is 0.932 bits per heavy atom. The van der Waals surface area contributed by atoms with Crippen molar-refractivity contribution in [3.8, 4) is 28.5 Å². The van der Waals surface area contributed by atoms with E-state index in [0.717, 1.165) is 16.8 Å². The van der Waals surface area contributed by atoms with Gasteiger partial charge in [-0.3, -0.25) is 4.79 Å². The number of fused-ring (bicyclic) bond motifs is 1. The first kappa shape index (κ1) is 30.7. The van der Waals surface area contributed by atoms with Crippen molar-refractivity contribution in [2.24, 2.45) is 0 Å². The number of hydrogen-bond acceptors (Lipinski definition) is 6. The maximum atomic E-state index is 13.9. The lowest BCUT2D eigenvalue weighted by atomic mass is 10.0. The van der Waals surface area contributed by atoms with Gasteiger partial charge in [0.2, 0.25) is 0 Å². The van der Waals surface area contributed by atoms with Crippen molar-refractivity contribution in [3.63, 3.8) is 0 Å². The van der Waals surface area contributed by atoms with Crippen molar-refractivity contribution < 1.29 is 42.1 Å². The highest BCUT2D eigenvalue weighted by atomic mass is 35.5. The number of rotatable bonds is 8. The Bertz CT molecular complexity index is 1920. The molecule has 0 atom stereocenters. The highest BCUT2D eigenvalue weighted by Gasteiger charge is 2.37. The summed E-state index contributed by atoms with van der Waals surface area (Å²) in [4.78, 5) is 25.5. The fourth-order valence-corrected chi connectivity index (χ4v) is 5.15. The van der Waals surface area contributed by atoms with Crippen molar-refractivity contribution >= 4 is 46.0 Å². The highest BCUT2D eigenvalue weighted by molar-refractivity contribution is 6.34. The molecule has 13 heteroatoms. The number of hydrogen-bond donors (Lipinski definition) is 1. The van der Waals surface area contributed by atoms with Gasteiger partial charge in [0.15, 0.2) is 11.5 Å². The van der Waals surface area contributed by atoms with E-state index in [0.29, 0.717) is 22.4 Å². The van der Waals surface area contributed by atoms with Crippen LogP contribution in [0, 0.1) is 0 Å². The minimum absolute atomic E-state index is 0.0578. The number of aromatic nitrogens is 2.